The zero-order chi connectivity index (χ0) is 12.8. The van der Waals surface area contributed by atoms with Gasteiger partial charge >= 0.3 is 5.97 Å². The molecule has 0 unspecified atom stereocenters. The highest BCUT2D eigenvalue weighted by Gasteiger charge is 2.14. The summed E-state index contributed by atoms with van der Waals surface area (Å²) in [5, 5.41) is 12.2. The highest BCUT2D eigenvalue weighted by atomic mass is 32.1. The van der Waals surface area contributed by atoms with Crippen LogP contribution in [0, 0.1) is 6.92 Å². The van der Waals surface area contributed by atoms with Crippen molar-refractivity contribution in [1.82, 2.24) is 10.3 Å². The zero-order valence-electron chi connectivity index (χ0n) is 9.95. The van der Waals surface area contributed by atoms with Crippen LogP contribution in [0.2, 0.25) is 0 Å². The monoisotopic (exact) mass is 256 g/mol. The molecular weight excluding hydrogens is 240 g/mol. The van der Waals surface area contributed by atoms with Gasteiger partial charge in [-0.05, 0) is 13.3 Å². The second kappa shape index (κ2) is 6.34. The maximum absolute atomic E-state index is 11.4. The Balaban J connectivity index is 2.50. The largest absolute Gasteiger partial charge is 0.477 e. The molecule has 17 heavy (non-hydrogen) atoms. The van der Waals surface area contributed by atoms with Gasteiger partial charge in [-0.15, -0.1) is 11.3 Å². The Kier molecular flexibility index (Phi) is 5.09. The number of carbonyl (C=O) groups excluding carboxylic acids is 1. The van der Waals surface area contributed by atoms with E-state index in [1.807, 2.05) is 6.92 Å². The minimum absolute atomic E-state index is 0.0171. The number of unbranched alkanes of at least 4 members (excludes halogenated alkanes) is 1. The predicted octanol–water partition coefficient (Wildman–Crippen LogP) is 1.96. The fourth-order valence-corrected chi connectivity index (χ4v) is 2.17. The Hall–Kier alpha value is -1.43. The number of amides is 1. The van der Waals surface area contributed by atoms with E-state index in [1.165, 1.54) is 0 Å². The molecule has 0 aliphatic heterocycles. The molecule has 0 bridgehead atoms. The van der Waals surface area contributed by atoms with E-state index in [4.69, 9.17) is 5.11 Å². The Morgan fingerprint density at radius 2 is 2.18 bits per heavy atom. The maximum atomic E-state index is 11.4. The molecule has 6 heteroatoms. The second-order valence-electron chi connectivity index (χ2n) is 3.71. The summed E-state index contributed by atoms with van der Waals surface area (Å²) in [6.07, 6.45) is 2.35. The Labute approximate surface area is 104 Å². The number of nitrogens with zero attached hydrogens (tertiary/aromatic N) is 1. The Morgan fingerprint density at radius 1 is 1.47 bits per heavy atom. The second-order valence-corrected chi connectivity index (χ2v) is 4.79. The van der Waals surface area contributed by atoms with Gasteiger partial charge in [0, 0.05) is 6.42 Å². The van der Waals surface area contributed by atoms with E-state index in [-0.39, 0.29) is 10.8 Å². The topological polar surface area (TPSA) is 79.3 Å². The number of hydrogen-bond donors (Lipinski definition) is 2. The van der Waals surface area contributed by atoms with Crippen LogP contribution in [0.1, 0.15) is 46.6 Å². The number of carboxylic acid groups (broad SMARTS) is 1. The molecule has 0 fully saturated rings. The molecule has 0 aliphatic rings. The first-order valence-corrected chi connectivity index (χ1v) is 6.32. The van der Waals surface area contributed by atoms with Crippen LogP contribution in [0.15, 0.2) is 0 Å². The fraction of sp³-hybridized carbons (Fsp3) is 0.545. The van der Waals surface area contributed by atoms with E-state index >= 15 is 0 Å². The van der Waals surface area contributed by atoms with Gasteiger partial charge in [0.15, 0.2) is 0 Å². The summed E-state index contributed by atoms with van der Waals surface area (Å²) < 4.78 is 0. The summed E-state index contributed by atoms with van der Waals surface area (Å²) >= 11 is 1.11. The SMILES string of the molecule is CCCCC(=O)NCc1nc(C)c(C(=O)O)s1. The average Bonchev–Trinajstić information content (AvgIpc) is 2.65. The van der Waals surface area contributed by atoms with Crippen LogP contribution in [0.3, 0.4) is 0 Å². The van der Waals surface area contributed by atoms with E-state index < -0.39 is 5.97 Å². The Bertz CT molecular complexity index is 415. The van der Waals surface area contributed by atoms with Crippen molar-refractivity contribution in [2.45, 2.75) is 39.7 Å². The smallest absolute Gasteiger partial charge is 0.347 e. The number of aromatic carboxylic acids is 1. The van der Waals surface area contributed by atoms with Gasteiger partial charge in [0.2, 0.25) is 5.91 Å². The van der Waals surface area contributed by atoms with Gasteiger partial charge in [-0.2, -0.15) is 0 Å². The van der Waals surface area contributed by atoms with Gasteiger partial charge < -0.3 is 10.4 Å². The van der Waals surface area contributed by atoms with Crippen LogP contribution in [0.4, 0.5) is 0 Å². The lowest BCUT2D eigenvalue weighted by Gasteiger charge is -2.01. The summed E-state index contributed by atoms with van der Waals surface area (Å²) in [6.45, 7) is 3.99. The molecule has 0 atom stereocenters. The molecule has 0 radical (unpaired) electrons. The molecule has 5 nitrogen and oxygen atoms in total. The van der Waals surface area contributed by atoms with E-state index in [0.29, 0.717) is 23.7 Å². The van der Waals surface area contributed by atoms with Gasteiger partial charge in [-0.3, -0.25) is 4.79 Å². The molecule has 94 valence electrons. The van der Waals surface area contributed by atoms with Gasteiger partial charge in [0.05, 0.1) is 12.2 Å². The highest BCUT2D eigenvalue weighted by Crippen LogP contribution is 2.17. The van der Waals surface area contributed by atoms with Crippen molar-refractivity contribution >= 4 is 23.2 Å². The maximum Gasteiger partial charge on any atom is 0.347 e. The molecule has 0 aromatic carbocycles. The minimum atomic E-state index is -0.969. The number of nitrogens with one attached hydrogen (secondary N) is 1. The number of aromatic nitrogens is 1. The predicted molar refractivity (Wildman–Crippen MR) is 65.2 cm³/mol. The van der Waals surface area contributed by atoms with Crippen molar-refractivity contribution in [2.75, 3.05) is 0 Å². The minimum Gasteiger partial charge on any atom is -0.477 e. The van der Waals surface area contributed by atoms with Gasteiger partial charge in [-0.25, -0.2) is 9.78 Å². The molecule has 0 aliphatic carbocycles. The molecule has 1 aromatic heterocycles. The van der Waals surface area contributed by atoms with Crippen LogP contribution in [-0.2, 0) is 11.3 Å². The van der Waals surface area contributed by atoms with E-state index in [2.05, 4.69) is 10.3 Å². The third kappa shape index (κ3) is 4.14. The van der Waals surface area contributed by atoms with Crippen molar-refractivity contribution in [1.29, 1.82) is 0 Å². The number of rotatable bonds is 6. The first-order chi connectivity index (χ1) is 8.04. The molecule has 1 rings (SSSR count). The third-order valence-electron chi connectivity index (χ3n) is 2.23. The molecular formula is C11H16N2O3S. The summed E-state index contributed by atoms with van der Waals surface area (Å²) in [4.78, 5) is 26.5. The number of hydrogen-bond acceptors (Lipinski definition) is 4. The van der Waals surface area contributed by atoms with Crippen LogP contribution >= 0.6 is 11.3 Å². The fourth-order valence-electron chi connectivity index (χ4n) is 1.33. The first kappa shape index (κ1) is 13.6. The van der Waals surface area contributed by atoms with E-state index in [0.717, 1.165) is 24.2 Å². The lowest BCUT2D eigenvalue weighted by Crippen LogP contribution is -2.22. The van der Waals surface area contributed by atoms with Gasteiger partial charge in [-0.1, -0.05) is 13.3 Å². The third-order valence-corrected chi connectivity index (χ3v) is 3.37. The van der Waals surface area contributed by atoms with E-state index in [9.17, 15) is 9.59 Å². The van der Waals surface area contributed by atoms with Crippen LogP contribution in [-0.4, -0.2) is 22.0 Å². The van der Waals surface area contributed by atoms with Crippen molar-refractivity contribution in [2.24, 2.45) is 0 Å². The average molecular weight is 256 g/mol. The summed E-state index contributed by atoms with van der Waals surface area (Å²) in [5.41, 5.74) is 0.500. The molecule has 1 aromatic rings. The lowest BCUT2D eigenvalue weighted by molar-refractivity contribution is -0.121. The van der Waals surface area contributed by atoms with Crippen molar-refractivity contribution in [3.63, 3.8) is 0 Å². The lowest BCUT2D eigenvalue weighted by atomic mass is 10.2. The number of thiazole rings is 1. The van der Waals surface area contributed by atoms with Gasteiger partial charge in [0.1, 0.15) is 9.88 Å². The van der Waals surface area contributed by atoms with Crippen molar-refractivity contribution in [3.05, 3.63) is 15.6 Å². The standard InChI is InChI=1S/C11H16N2O3S/c1-3-4-5-8(14)12-6-9-13-7(2)10(17-9)11(15)16/h3-6H2,1-2H3,(H,12,14)(H,15,16). The summed E-state index contributed by atoms with van der Waals surface area (Å²) in [6, 6.07) is 0. The number of carboxylic acids is 1. The Morgan fingerprint density at radius 3 is 2.71 bits per heavy atom. The molecule has 1 amide bonds. The molecule has 1 heterocycles. The van der Waals surface area contributed by atoms with Gasteiger partial charge in [0.25, 0.3) is 0 Å². The molecule has 0 spiro atoms. The molecule has 0 saturated heterocycles. The first-order valence-electron chi connectivity index (χ1n) is 5.51. The van der Waals surface area contributed by atoms with Crippen molar-refractivity contribution in [3.8, 4) is 0 Å². The van der Waals surface area contributed by atoms with Crippen LogP contribution in [0.25, 0.3) is 0 Å². The molecule has 2 N–H and O–H groups in total. The quantitative estimate of drug-likeness (QED) is 0.815. The van der Waals surface area contributed by atoms with Crippen LogP contribution in [0.5, 0.6) is 0 Å². The zero-order valence-corrected chi connectivity index (χ0v) is 10.8. The highest BCUT2D eigenvalue weighted by molar-refractivity contribution is 7.13. The molecule has 0 saturated carbocycles. The summed E-state index contributed by atoms with van der Waals surface area (Å²) in [7, 11) is 0. The summed E-state index contributed by atoms with van der Waals surface area (Å²) in [5.74, 6) is -0.986. The van der Waals surface area contributed by atoms with Crippen LogP contribution < -0.4 is 5.32 Å². The normalized spacial score (nSPS) is 10.2. The number of carbonyl (C=O) groups is 2. The van der Waals surface area contributed by atoms with E-state index in [1.54, 1.807) is 6.92 Å². The van der Waals surface area contributed by atoms with Crippen molar-refractivity contribution < 1.29 is 14.7 Å². The number of aryl methyl sites for hydroxylation is 1.